The molecule has 0 atom stereocenters. The zero-order chi connectivity index (χ0) is 24.1. The summed E-state index contributed by atoms with van der Waals surface area (Å²) in [4.78, 5) is 13.0. The second kappa shape index (κ2) is 10.3. The van der Waals surface area contributed by atoms with Gasteiger partial charge in [0, 0.05) is 34.2 Å². The third kappa shape index (κ3) is 4.84. The fourth-order valence-electron chi connectivity index (χ4n) is 3.75. The van der Waals surface area contributed by atoms with Gasteiger partial charge in [-0.2, -0.15) is 5.10 Å². The smallest absolute Gasteiger partial charge is 0.273 e. The molecule has 0 fully saturated rings. The van der Waals surface area contributed by atoms with Crippen molar-refractivity contribution in [2.45, 2.75) is 6.54 Å². The number of methoxy groups -OCH3 is 3. The molecule has 0 radical (unpaired) electrons. The van der Waals surface area contributed by atoms with Crippen molar-refractivity contribution >= 4 is 34.6 Å². The van der Waals surface area contributed by atoms with Crippen molar-refractivity contribution in [2.75, 3.05) is 21.3 Å². The number of nitrogens with zero attached hydrogens (tertiary/aromatic N) is 2. The fraction of sp³-hybridized carbons (Fsp3) is 0.154. The molecule has 4 aromatic rings. The Balaban J connectivity index is 1.57. The van der Waals surface area contributed by atoms with Crippen molar-refractivity contribution in [2.24, 2.45) is 5.10 Å². The fourth-order valence-corrected chi connectivity index (χ4v) is 3.87. The van der Waals surface area contributed by atoms with Gasteiger partial charge in [0.15, 0.2) is 11.5 Å². The lowest BCUT2D eigenvalue weighted by atomic mass is 10.1. The van der Waals surface area contributed by atoms with E-state index in [2.05, 4.69) is 10.5 Å². The molecule has 4 rings (SSSR count). The average molecular weight is 478 g/mol. The maximum Gasteiger partial charge on any atom is 0.273 e. The molecule has 0 aliphatic carbocycles. The summed E-state index contributed by atoms with van der Waals surface area (Å²) in [6.07, 6.45) is 3.36. The minimum Gasteiger partial charge on any atom is -0.493 e. The van der Waals surface area contributed by atoms with Gasteiger partial charge in [-0.15, -0.1) is 0 Å². The highest BCUT2D eigenvalue weighted by Gasteiger charge is 2.15. The van der Waals surface area contributed by atoms with Crippen molar-refractivity contribution in [1.29, 1.82) is 0 Å². The Morgan fingerprint density at radius 1 is 1.00 bits per heavy atom. The van der Waals surface area contributed by atoms with Crippen LogP contribution < -0.4 is 19.6 Å². The van der Waals surface area contributed by atoms with E-state index in [4.69, 9.17) is 25.8 Å². The largest absolute Gasteiger partial charge is 0.493 e. The van der Waals surface area contributed by atoms with Crippen LogP contribution in [-0.4, -0.2) is 38.0 Å². The summed E-state index contributed by atoms with van der Waals surface area (Å²) in [7, 11) is 4.62. The molecule has 34 heavy (non-hydrogen) atoms. The van der Waals surface area contributed by atoms with Gasteiger partial charge < -0.3 is 18.8 Å². The predicted octanol–water partition coefficient (Wildman–Crippen LogP) is 5.13. The van der Waals surface area contributed by atoms with Crippen LogP contribution in [0.3, 0.4) is 0 Å². The van der Waals surface area contributed by atoms with E-state index in [9.17, 15) is 4.79 Å². The van der Waals surface area contributed by atoms with Gasteiger partial charge in [0.25, 0.3) is 5.91 Å². The van der Waals surface area contributed by atoms with Crippen LogP contribution in [0.4, 0.5) is 0 Å². The minimum atomic E-state index is -0.310. The van der Waals surface area contributed by atoms with Gasteiger partial charge >= 0.3 is 0 Å². The monoisotopic (exact) mass is 477 g/mol. The Kier molecular flexibility index (Phi) is 7.04. The topological polar surface area (TPSA) is 74.1 Å². The van der Waals surface area contributed by atoms with E-state index in [1.807, 2.05) is 59.3 Å². The summed E-state index contributed by atoms with van der Waals surface area (Å²) in [5, 5.41) is 5.66. The zero-order valence-corrected chi connectivity index (χ0v) is 19.8. The van der Waals surface area contributed by atoms with E-state index in [0.29, 0.717) is 39.9 Å². The predicted molar refractivity (Wildman–Crippen MR) is 134 cm³/mol. The maximum absolute atomic E-state index is 13.0. The first-order chi connectivity index (χ1) is 16.5. The van der Waals surface area contributed by atoms with Gasteiger partial charge in [0.1, 0.15) is 0 Å². The summed E-state index contributed by atoms with van der Waals surface area (Å²) >= 11 is 6.00. The van der Waals surface area contributed by atoms with Crippen LogP contribution in [-0.2, 0) is 6.54 Å². The number of carbonyl (C=O) groups excluding carboxylic acids is 1. The van der Waals surface area contributed by atoms with E-state index in [1.54, 1.807) is 26.4 Å². The van der Waals surface area contributed by atoms with Gasteiger partial charge in [-0.3, -0.25) is 4.79 Å². The van der Waals surface area contributed by atoms with Crippen molar-refractivity contribution in [3.8, 4) is 17.2 Å². The number of fused-ring (bicyclic) bond motifs is 1. The highest BCUT2D eigenvalue weighted by atomic mass is 35.5. The van der Waals surface area contributed by atoms with Crippen LogP contribution in [0.5, 0.6) is 17.2 Å². The highest BCUT2D eigenvalue weighted by molar-refractivity contribution is 6.30. The Labute approximate surface area is 202 Å². The molecule has 0 aliphatic rings. The van der Waals surface area contributed by atoms with Crippen LogP contribution in [0, 0.1) is 0 Å². The number of rotatable bonds is 8. The molecule has 0 spiro atoms. The molecule has 8 heteroatoms. The number of hydrazone groups is 1. The molecular weight excluding hydrogens is 454 g/mol. The third-order valence-electron chi connectivity index (χ3n) is 5.37. The molecule has 1 N–H and O–H groups in total. The molecular formula is C26H24ClN3O4. The molecule has 1 amide bonds. The van der Waals surface area contributed by atoms with Gasteiger partial charge in [-0.1, -0.05) is 41.9 Å². The number of hydrogen-bond donors (Lipinski definition) is 1. The van der Waals surface area contributed by atoms with E-state index >= 15 is 0 Å². The lowest BCUT2D eigenvalue weighted by Gasteiger charge is -2.12. The Morgan fingerprint density at radius 2 is 1.68 bits per heavy atom. The summed E-state index contributed by atoms with van der Waals surface area (Å²) in [6, 6.07) is 18.9. The van der Waals surface area contributed by atoms with Crippen molar-refractivity contribution in [3.05, 3.63) is 88.6 Å². The van der Waals surface area contributed by atoms with Gasteiger partial charge in [0.2, 0.25) is 5.75 Å². The summed E-state index contributed by atoms with van der Waals surface area (Å²) < 4.78 is 18.1. The van der Waals surface area contributed by atoms with E-state index in [-0.39, 0.29) is 5.91 Å². The number of nitrogens with one attached hydrogen (secondary N) is 1. The lowest BCUT2D eigenvalue weighted by Crippen LogP contribution is -2.17. The number of benzene rings is 3. The molecule has 1 aromatic heterocycles. The first-order valence-corrected chi connectivity index (χ1v) is 10.9. The summed E-state index contributed by atoms with van der Waals surface area (Å²) in [6.45, 7) is 0.611. The van der Waals surface area contributed by atoms with Gasteiger partial charge in [-0.05, 0) is 35.9 Å². The first kappa shape index (κ1) is 23.2. The Morgan fingerprint density at radius 3 is 2.32 bits per heavy atom. The minimum absolute atomic E-state index is 0.310. The van der Waals surface area contributed by atoms with E-state index < -0.39 is 0 Å². The third-order valence-corrected chi connectivity index (χ3v) is 5.62. The molecule has 0 aliphatic heterocycles. The molecule has 0 bridgehead atoms. The molecule has 3 aromatic carbocycles. The van der Waals surface area contributed by atoms with Crippen LogP contribution in [0.15, 0.2) is 72.0 Å². The van der Waals surface area contributed by atoms with Crippen LogP contribution >= 0.6 is 11.6 Å². The molecule has 174 valence electrons. The molecule has 0 saturated carbocycles. The molecule has 1 heterocycles. The summed E-state index contributed by atoms with van der Waals surface area (Å²) in [5.41, 5.74) is 5.86. The standard InChI is InChI=1S/C26H24ClN3O4/c1-32-23-12-18(13-24(33-2)25(23)34-3)14-28-29-26(31)21-16-30(22-7-5-4-6-20(21)22)15-17-8-10-19(27)11-9-17/h4-14,16H,15H2,1-3H3,(H,29,31)/b28-14+. The maximum atomic E-state index is 13.0. The normalized spacial score (nSPS) is 11.1. The number of halogens is 1. The van der Waals surface area contributed by atoms with Crippen molar-refractivity contribution in [1.82, 2.24) is 9.99 Å². The highest BCUT2D eigenvalue weighted by Crippen LogP contribution is 2.37. The first-order valence-electron chi connectivity index (χ1n) is 10.5. The quantitative estimate of drug-likeness (QED) is 0.282. The number of amides is 1. The van der Waals surface area contributed by atoms with Crippen molar-refractivity contribution < 1.29 is 19.0 Å². The van der Waals surface area contributed by atoms with E-state index in [1.165, 1.54) is 13.3 Å². The van der Waals surface area contributed by atoms with Crippen molar-refractivity contribution in [3.63, 3.8) is 0 Å². The number of aromatic nitrogens is 1. The molecule has 0 unspecified atom stereocenters. The SMILES string of the molecule is COc1cc(/C=N/NC(=O)c2cn(Cc3ccc(Cl)cc3)c3ccccc23)cc(OC)c1OC. The van der Waals surface area contributed by atoms with Crippen LogP contribution in [0.25, 0.3) is 10.9 Å². The second-order valence-corrected chi connectivity index (χ2v) is 7.91. The van der Waals surface area contributed by atoms with Crippen LogP contribution in [0.2, 0.25) is 5.02 Å². The Hall–Kier alpha value is -3.97. The number of para-hydroxylation sites is 1. The van der Waals surface area contributed by atoms with Gasteiger partial charge in [-0.25, -0.2) is 5.43 Å². The van der Waals surface area contributed by atoms with Gasteiger partial charge in [0.05, 0.1) is 33.1 Å². The zero-order valence-electron chi connectivity index (χ0n) is 19.0. The Bertz CT molecular complexity index is 1320. The molecule has 7 nitrogen and oxygen atoms in total. The van der Waals surface area contributed by atoms with E-state index in [0.717, 1.165) is 16.5 Å². The second-order valence-electron chi connectivity index (χ2n) is 7.47. The number of carbonyl (C=O) groups is 1. The lowest BCUT2D eigenvalue weighted by molar-refractivity contribution is 0.0956. The molecule has 0 saturated heterocycles. The number of ether oxygens (including phenoxy) is 3. The average Bonchev–Trinajstić information content (AvgIpc) is 3.23. The van der Waals surface area contributed by atoms with Crippen LogP contribution in [0.1, 0.15) is 21.5 Å². The number of hydrogen-bond acceptors (Lipinski definition) is 5. The summed E-state index contributed by atoms with van der Waals surface area (Å²) in [5.74, 6) is 1.18.